The molecule has 1 aromatic heterocycles. The van der Waals surface area contributed by atoms with Crippen molar-refractivity contribution < 1.29 is 55.6 Å². The Morgan fingerprint density at radius 3 is 1.42 bits per heavy atom. The summed E-state index contributed by atoms with van der Waals surface area (Å²) in [4.78, 5) is 36.2. The average molecular weight is 1020 g/mol. The van der Waals surface area contributed by atoms with Gasteiger partial charge in [0.05, 0.1) is 56.2 Å². The lowest BCUT2D eigenvalue weighted by atomic mass is 10.1. The number of nitrogens with zero attached hydrogens (tertiary/aromatic N) is 2. The van der Waals surface area contributed by atoms with Gasteiger partial charge >= 0.3 is 11.9 Å². The van der Waals surface area contributed by atoms with Gasteiger partial charge in [0.1, 0.15) is 12.4 Å². The highest BCUT2D eigenvalue weighted by Crippen LogP contribution is 2.40. The van der Waals surface area contributed by atoms with Gasteiger partial charge < -0.3 is 33.6 Å². The zero-order valence-corrected chi connectivity index (χ0v) is 44.6. The molecular weight excluding hydrogens is 923 g/mol. The molecule has 0 fully saturated rings. The van der Waals surface area contributed by atoms with E-state index in [1.165, 1.54) is 76.4 Å². The molecule has 14 nitrogen and oxygen atoms in total. The number of carbonyl (C=O) groups excluding carboxylic acids is 3. The SMILES string of the molecule is C=CC(=O)OCCCCCCCCCCCOc1cc(C(=O)NCCC[n+]2ccn(CCCS(=O)(=O)[O-])c2)cc(OCCCCCCCCCCCOC(=O)C=C)c1OCCCCCCCCCCCC. The maximum Gasteiger partial charge on any atom is 0.330 e. The van der Waals surface area contributed by atoms with E-state index in [9.17, 15) is 27.4 Å². The van der Waals surface area contributed by atoms with Gasteiger partial charge in [-0.1, -0.05) is 168 Å². The molecule has 0 aliphatic heterocycles. The number of carbonyl (C=O) groups is 3. The van der Waals surface area contributed by atoms with Crippen molar-refractivity contribution in [2.24, 2.45) is 0 Å². The maximum atomic E-state index is 13.8. The first-order valence-electron chi connectivity index (χ1n) is 27.5. The topological polar surface area (TPSA) is 175 Å². The molecule has 0 radical (unpaired) electrons. The Hall–Kier alpha value is -4.37. The Morgan fingerprint density at radius 2 is 1.00 bits per heavy atom. The Bertz CT molecular complexity index is 1770. The quantitative estimate of drug-likeness (QED) is 0.0219. The molecule has 0 unspecified atom stereocenters. The third kappa shape index (κ3) is 34.6. The van der Waals surface area contributed by atoms with Crippen LogP contribution in [0.3, 0.4) is 0 Å². The molecule has 0 saturated carbocycles. The van der Waals surface area contributed by atoms with E-state index in [1.54, 1.807) is 12.1 Å². The van der Waals surface area contributed by atoms with E-state index in [1.807, 2.05) is 27.9 Å². The minimum atomic E-state index is -4.24. The number of hydrogen-bond donors (Lipinski definition) is 1. The van der Waals surface area contributed by atoms with Crippen molar-refractivity contribution in [2.45, 2.75) is 213 Å². The van der Waals surface area contributed by atoms with Crippen LogP contribution in [0.1, 0.15) is 210 Å². The smallest absolute Gasteiger partial charge is 0.330 e. The third-order valence-electron chi connectivity index (χ3n) is 12.4. The lowest BCUT2D eigenvalue weighted by Crippen LogP contribution is -2.34. The molecule has 0 aliphatic rings. The largest absolute Gasteiger partial charge is 0.748 e. The van der Waals surface area contributed by atoms with Crippen LogP contribution in [0.5, 0.6) is 17.2 Å². The zero-order chi connectivity index (χ0) is 51.5. The third-order valence-corrected chi connectivity index (χ3v) is 13.2. The van der Waals surface area contributed by atoms with E-state index in [4.69, 9.17) is 23.7 Å². The normalized spacial score (nSPS) is 11.3. The molecule has 0 saturated heterocycles. The monoisotopic (exact) mass is 1020 g/mol. The summed E-state index contributed by atoms with van der Waals surface area (Å²) >= 11 is 0. The Balaban J connectivity index is 2.03. The van der Waals surface area contributed by atoms with Gasteiger partial charge in [0.15, 0.2) is 11.5 Å². The number of amides is 1. The van der Waals surface area contributed by atoms with Crippen LogP contribution in [-0.2, 0) is 42.3 Å². The second kappa shape index (κ2) is 42.2. The van der Waals surface area contributed by atoms with Crippen LogP contribution in [0.25, 0.3) is 0 Å². The van der Waals surface area contributed by atoms with Crippen molar-refractivity contribution in [2.75, 3.05) is 45.3 Å². The molecule has 71 heavy (non-hydrogen) atoms. The van der Waals surface area contributed by atoms with Crippen LogP contribution in [-0.4, -0.2) is 80.7 Å². The Morgan fingerprint density at radius 1 is 0.592 bits per heavy atom. The van der Waals surface area contributed by atoms with Gasteiger partial charge in [0, 0.05) is 36.4 Å². The number of rotatable bonds is 49. The molecule has 15 heteroatoms. The standard InChI is InChI=1S/C56H93N3O11S/c1-4-7-8-9-10-11-14-23-28-33-45-70-55-51(66-41-29-24-19-15-12-17-21-26-31-43-68-53(60)5-2)47-50(56(62)57-36-34-37-58-39-40-59(49-58)38-35-46-71(63,64)65)48-52(55)67-42-30-25-20-16-13-18-22-27-32-44-69-54(61)6-3/h5-6,39-40,47-49H,2-4,7-38,41-46H2,1H3,(H-,57,62,63,64,65). The van der Waals surface area contributed by atoms with Crippen molar-refractivity contribution >= 4 is 28.0 Å². The predicted octanol–water partition coefficient (Wildman–Crippen LogP) is 12.1. The summed E-state index contributed by atoms with van der Waals surface area (Å²) in [7, 11) is -4.24. The first kappa shape index (κ1) is 62.7. The second-order valence-electron chi connectivity index (χ2n) is 18.8. The molecule has 0 bridgehead atoms. The Labute approximate surface area is 428 Å². The lowest BCUT2D eigenvalue weighted by molar-refractivity contribution is -0.696. The molecule has 404 valence electrons. The summed E-state index contributed by atoms with van der Waals surface area (Å²) < 4.78 is 66.4. The minimum absolute atomic E-state index is 0.224. The number of aryl methyl sites for hydroxylation is 2. The van der Waals surface area contributed by atoms with E-state index in [-0.39, 0.29) is 24.3 Å². The number of nitrogens with one attached hydrogen (secondary N) is 1. The summed E-state index contributed by atoms with van der Waals surface area (Å²) in [6.45, 7) is 13.0. The maximum absolute atomic E-state index is 13.8. The Kier molecular flexibility index (Phi) is 37.3. The van der Waals surface area contributed by atoms with Crippen molar-refractivity contribution in [3.8, 4) is 17.2 Å². The molecule has 1 aromatic carbocycles. The number of benzene rings is 1. The molecule has 1 amide bonds. The zero-order valence-electron chi connectivity index (χ0n) is 43.8. The van der Waals surface area contributed by atoms with Crippen LogP contribution in [0, 0.1) is 0 Å². The van der Waals surface area contributed by atoms with Crippen molar-refractivity contribution in [1.29, 1.82) is 0 Å². The van der Waals surface area contributed by atoms with Crippen LogP contribution < -0.4 is 24.1 Å². The highest BCUT2D eigenvalue weighted by Gasteiger charge is 2.20. The van der Waals surface area contributed by atoms with Gasteiger partial charge in [0.25, 0.3) is 5.91 Å². The van der Waals surface area contributed by atoms with Crippen LogP contribution in [0.2, 0.25) is 0 Å². The fraction of sp³-hybridized carbons (Fsp3) is 0.714. The first-order chi connectivity index (χ1) is 34.6. The van der Waals surface area contributed by atoms with Gasteiger partial charge in [-0.3, -0.25) is 4.79 Å². The highest BCUT2D eigenvalue weighted by molar-refractivity contribution is 7.85. The second-order valence-corrected chi connectivity index (χ2v) is 20.3. The fourth-order valence-electron chi connectivity index (χ4n) is 8.23. The van der Waals surface area contributed by atoms with Crippen LogP contribution in [0.15, 0.2) is 56.2 Å². The van der Waals surface area contributed by atoms with Crippen LogP contribution in [0.4, 0.5) is 0 Å². The summed E-state index contributed by atoms with van der Waals surface area (Å²) in [5, 5.41) is 3.08. The molecule has 2 aromatic rings. The fourth-order valence-corrected chi connectivity index (χ4v) is 8.71. The number of ether oxygens (including phenoxy) is 5. The summed E-state index contributed by atoms with van der Waals surface area (Å²) in [5.74, 6) is 0.267. The van der Waals surface area contributed by atoms with Crippen molar-refractivity contribution in [3.05, 3.63) is 61.7 Å². The van der Waals surface area contributed by atoms with E-state index in [0.29, 0.717) is 81.9 Å². The number of unbranched alkanes of at least 4 members (excludes halogenated alkanes) is 25. The van der Waals surface area contributed by atoms with Gasteiger partial charge in [-0.15, -0.1) is 0 Å². The minimum Gasteiger partial charge on any atom is -0.748 e. The summed E-state index contributed by atoms with van der Waals surface area (Å²) in [6.07, 6.45) is 40.3. The number of esters is 2. The number of hydrogen-bond acceptors (Lipinski definition) is 11. The molecular formula is C56H93N3O11S. The molecule has 1 N–H and O–H groups in total. The van der Waals surface area contributed by atoms with Gasteiger partial charge in [-0.2, -0.15) is 0 Å². The molecule has 0 spiro atoms. The van der Waals surface area contributed by atoms with E-state index < -0.39 is 15.9 Å². The predicted molar refractivity (Wildman–Crippen MR) is 281 cm³/mol. The van der Waals surface area contributed by atoms with Gasteiger partial charge in [-0.25, -0.2) is 27.1 Å². The van der Waals surface area contributed by atoms with E-state index in [0.717, 1.165) is 116 Å². The number of aromatic nitrogens is 2. The first-order valence-corrected chi connectivity index (χ1v) is 29.1. The highest BCUT2D eigenvalue weighted by atomic mass is 32.2. The van der Waals surface area contributed by atoms with E-state index >= 15 is 0 Å². The van der Waals surface area contributed by atoms with Crippen molar-refractivity contribution in [1.82, 2.24) is 9.88 Å². The van der Waals surface area contributed by atoms with Gasteiger partial charge in [0.2, 0.25) is 12.1 Å². The van der Waals surface area contributed by atoms with Crippen LogP contribution >= 0.6 is 0 Å². The summed E-state index contributed by atoms with van der Waals surface area (Å²) in [6, 6.07) is 3.58. The molecule has 2 rings (SSSR count). The van der Waals surface area contributed by atoms with Gasteiger partial charge in [-0.05, 0) is 50.7 Å². The van der Waals surface area contributed by atoms with E-state index in [2.05, 4.69) is 25.4 Å². The number of imidazole rings is 1. The lowest BCUT2D eigenvalue weighted by Gasteiger charge is -2.19. The summed E-state index contributed by atoms with van der Waals surface area (Å²) in [5.41, 5.74) is 0.450. The molecule has 0 aliphatic carbocycles. The molecule has 1 heterocycles. The molecule has 0 atom stereocenters. The average Bonchev–Trinajstić information content (AvgIpc) is 3.81. The van der Waals surface area contributed by atoms with Crippen molar-refractivity contribution in [3.63, 3.8) is 0 Å².